The van der Waals surface area contributed by atoms with Crippen LogP contribution in [0.5, 0.6) is 11.5 Å². The molecule has 0 heterocycles. The molecule has 27 heavy (non-hydrogen) atoms. The highest BCUT2D eigenvalue weighted by atomic mass is 32.2. The first kappa shape index (κ1) is 20.4. The van der Waals surface area contributed by atoms with Crippen molar-refractivity contribution in [1.82, 2.24) is 4.31 Å². The van der Waals surface area contributed by atoms with Crippen molar-refractivity contribution in [3.05, 3.63) is 52.6 Å². The number of anilines is 1. The van der Waals surface area contributed by atoms with Crippen molar-refractivity contribution in [2.45, 2.75) is 18.7 Å². The first-order valence-corrected chi connectivity index (χ1v) is 9.09. The Labute approximate surface area is 161 Å². The zero-order chi connectivity index (χ0) is 19.8. The third-order valence-corrected chi connectivity index (χ3v) is 4.37. The SMILES string of the molecule is CCOc1ccc(OCC)c(NC(=O)N(C)Sc2ccccc2[N+](=O)[O-])c1. The highest BCUT2D eigenvalue weighted by molar-refractivity contribution is 7.97. The molecular formula is C18H21N3O5S. The minimum atomic E-state index is -0.479. The summed E-state index contributed by atoms with van der Waals surface area (Å²) in [5, 5.41) is 13.9. The third-order valence-electron chi connectivity index (χ3n) is 3.39. The second kappa shape index (κ2) is 9.67. The van der Waals surface area contributed by atoms with Gasteiger partial charge in [0.05, 0.1) is 23.8 Å². The van der Waals surface area contributed by atoms with E-state index in [4.69, 9.17) is 9.47 Å². The maximum atomic E-state index is 12.6. The number of ether oxygens (including phenoxy) is 2. The summed E-state index contributed by atoms with van der Waals surface area (Å²) >= 11 is 0.967. The summed E-state index contributed by atoms with van der Waals surface area (Å²) in [6.07, 6.45) is 0. The number of carbonyl (C=O) groups excluding carboxylic acids is 1. The number of rotatable bonds is 8. The van der Waals surface area contributed by atoms with Gasteiger partial charge in [0.1, 0.15) is 16.4 Å². The van der Waals surface area contributed by atoms with Crippen LogP contribution in [-0.2, 0) is 0 Å². The summed E-state index contributed by atoms with van der Waals surface area (Å²) in [4.78, 5) is 23.6. The quantitative estimate of drug-likeness (QED) is 0.403. The molecule has 0 radical (unpaired) electrons. The summed E-state index contributed by atoms with van der Waals surface area (Å²) < 4.78 is 12.3. The topological polar surface area (TPSA) is 93.9 Å². The van der Waals surface area contributed by atoms with Crippen molar-refractivity contribution in [1.29, 1.82) is 0 Å². The Morgan fingerprint density at radius 3 is 2.56 bits per heavy atom. The van der Waals surface area contributed by atoms with Crippen molar-refractivity contribution >= 4 is 29.4 Å². The zero-order valence-electron chi connectivity index (χ0n) is 15.3. The second-order valence-electron chi connectivity index (χ2n) is 5.27. The molecule has 0 spiro atoms. The Balaban J connectivity index is 2.16. The minimum absolute atomic E-state index is 0.0597. The molecule has 2 amide bonds. The van der Waals surface area contributed by atoms with E-state index >= 15 is 0 Å². The van der Waals surface area contributed by atoms with Gasteiger partial charge in [0.25, 0.3) is 5.69 Å². The van der Waals surface area contributed by atoms with Crippen molar-refractivity contribution < 1.29 is 19.2 Å². The number of amides is 2. The number of carbonyl (C=O) groups is 1. The van der Waals surface area contributed by atoms with Gasteiger partial charge in [-0.05, 0) is 44.0 Å². The van der Waals surface area contributed by atoms with Gasteiger partial charge < -0.3 is 14.8 Å². The monoisotopic (exact) mass is 391 g/mol. The second-order valence-corrected chi connectivity index (χ2v) is 6.44. The summed E-state index contributed by atoms with van der Waals surface area (Å²) in [5.41, 5.74) is 0.401. The number of hydrogen-bond donors (Lipinski definition) is 1. The molecule has 0 aliphatic carbocycles. The lowest BCUT2D eigenvalue weighted by atomic mass is 10.2. The maximum absolute atomic E-state index is 12.6. The zero-order valence-corrected chi connectivity index (χ0v) is 16.1. The third kappa shape index (κ3) is 5.52. The highest BCUT2D eigenvalue weighted by Gasteiger charge is 2.19. The molecular weight excluding hydrogens is 370 g/mol. The molecule has 0 fully saturated rings. The van der Waals surface area contributed by atoms with Crippen molar-refractivity contribution in [2.75, 3.05) is 25.6 Å². The molecule has 2 aromatic carbocycles. The Kier molecular flexibility index (Phi) is 7.30. The molecule has 0 atom stereocenters. The normalized spacial score (nSPS) is 10.2. The van der Waals surface area contributed by atoms with Gasteiger partial charge in [-0.3, -0.25) is 14.4 Å². The lowest BCUT2D eigenvalue weighted by Gasteiger charge is -2.18. The van der Waals surface area contributed by atoms with Crippen molar-refractivity contribution in [2.24, 2.45) is 0 Å². The van der Waals surface area contributed by atoms with Gasteiger partial charge in [-0.15, -0.1) is 0 Å². The highest BCUT2D eigenvalue weighted by Crippen LogP contribution is 2.33. The number of nitrogens with one attached hydrogen (secondary N) is 1. The van der Waals surface area contributed by atoms with Crippen molar-refractivity contribution in [3.63, 3.8) is 0 Å². The molecule has 9 heteroatoms. The van der Waals surface area contributed by atoms with Gasteiger partial charge in [0.15, 0.2) is 0 Å². The average molecular weight is 391 g/mol. The summed E-state index contributed by atoms with van der Waals surface area (Å²) in [7, 11) is 1.53. The largest absolute Gasteiger partial charge is 0.494 e. The Morgan fingerprint density at radius 2 is 1.89 bits per heavy atom. The molecule has 8 nitrogen and oxygen atoms in total. The van der Waals surface area contributed by atoms with Crippen LogP contribution in [0.1, 0.15) is 13.8 Å². The fourth-order valence-corrected chi connectivity index (χ4v) is 3.01. The Morgan fingerprint density at radius 1 is 1.19 bits per heavy atom. The van der Waals surface area contributed by atoms with E-state index in [0.29, 0.717) is 35.3 Å². The first-order valence-electron chi connectivity index (χ1n) is 8.32. The molecule has 2 aromatic rings. The number of benzene rings is 2. The van der Waals surface area contributed by atoms with Crippen LogP contribution in [0, 0.1) is 10.1 Å². The molecule has 1 N–H and O–H groups in total. The first-order chi connectivity index (χ1) is 13.0. The van der Waals surface area contributed by atoms with Crippen LogP contribution in [0.2, 0.25) is 0 Å². The van der Waals surface area contributed by atoms with E-state index in [1.807, 2.05) is 13.8 Å². The van der Waals surface area contributed by atoms with Gasteiger partial charge >= 0.3 is 6.03 Å². The van der Waals surface area contributed by atoms with E-state index in [1.54, 1.807) is 36.4 Å². The van der Waals surface area contributed by atoms with Crippen LogP contribution in [0.25, 0.3) is 0 Å². The van der Waals surface area contributed by atoms with Crippen LogP contribution < -0.4 is 14.8 Å². The summed E-state index contributed by atoms with van der Waals surface area (Å²) in [6.45, 7) is 4.65. The van der Waals surface area contributed by atoms with E-state index in [0.717, 1.165) is 11.9 Å². The number of para-hydroxylation sites is 1. The van der Waals surface area contributed by atoms with Crippen LogP contribution in [0.15, 0.2) is 47.4 Å². The van der Waals surface area contributed by atoms with E-state index in [2.05, 4.69) is 5.32 Å². The minimum Gasteiger partial charge on any atom is -0.494 e. The van der Waals surface area contributed by atoms with E-state index in [1.165, 1.54) is 17.4 Å². The fraction of sp³-hybridized carbons (Fsp3) is 0.278. The van der Waals surface area contributed by atoms with Crippen molar-refractivity contribution in [3.8, 4) is 11.5 Å². The number of urea groups is 1. The number of nitrogens with zero attached hydrogens (tertiary/aromatic N) is 2. The molecule has 0 aliphatic rings. The molecule has 0 saturated heterocycles. The molecule has 0 aliphatic heterocycles. The lowest BCUT2D eigenvalue weighted by molar-refractivity contribution is -0.387. The predicted octanol–water partition coefficient (Wildman–Crippen LogP) is 4.56. The van der Waals surface area contributed by atoms with Crippen LogP contribution >= 0.6 is 11.9 Å². The number of nitro benzene ring substituents is 1. The summed E-state index contributed by atoms with van der Waals surface area (Å²) in [6, 6.07) is 11.0. The van der Waals surface area contributed by atoms with Crippen LogP contribution in [0.3, 0.4) is 0 Å². The van der Waals surface area contributed by atoms with Gasteiger partial charge in [-0.2, -0.15) is 0 Å². The van der Waals surface area contributed by atoms with Crippen LogP contribution in [-0.4, -0.2) is 35.5 Å². The Hall–Kier alpha value is -2.94. The van der Waals surface area contributed by atoms with Gasteiger partial charge in [0, 0.05) is 19.2 Å². The number of nitro groups is 1. The fourth-order valence-electron chi connectivity index (χ4n) is 2.21. The molecule has 0 unspecified atom stereocenters. The van der Waals surface area contributed by atoms with E-state index < -0.39 is 11.0 Å². The standard InChI is InChI=1S/C18H21N3O5S/c1-4-25-13-10-11-16(26-5-2)14(12-13)19-18(22)20(3)27-17-9-7-6-8-15(17)21(23)24/h6-12H,4-5H2,1-3H3,(H,19,22). The van der Waals surface area contributed by atoms with E-state index in [9.17, 15) is 14.9 Å². The molecule has 0 bridgehead atoms. The lowest BCUT2D eigenvalue weighted by Crippen LogP contribution is -2.26. The molecule has 144 valence electrons. The predicted molar refractivity (Wildman–Crippen MR) is 105 cm³/mol. The van der Waals surface area contributed by atoms with Gasteiger partial charge in [-0.1, -0.05) is 12.1 Å². The molecule has 0 aromatic heterocycles. The number of hydrogen-bond acceptors (Lipinski definition) is 6. The van der Waals surface area contributed by atoms with E-state index in [-0.39, 0.29) is 5.69 Å². The Bertz CT molecular complexity index is 815. The molecule has 2 rings (SSSR count). The average Bonchev–Trinajstić information content (AvgIpc) is 2.64. The summed E-state index contributed by atoms with van der Waals surface area (Å²) in [5.74, 6) is 1.11. The van der Waals surface area contributed by atoms with Gasteiger partial charge in [0.2, 0.25) is 0 Å². The molecule has 0 saturated carbocycles. The maximum Gasteiger partial charge on any atom is 0.331 e. The van der Waals surface area contributed by atoms with Gasteiger partial charge in [-0.25, -0.2) is 4.79 Å². The van der Waals surface area contributed by atoms with Crippen LogP contribution in [0.4, 0.5) is 16.2 Å². The smallest absolute Gasteiger partial charge is 0.331 e.